The van der Waals surface area contributed by atoms with Crippen molar-refractivity contribution < 1.29 is 13.2 Å². The summed E-state index contributed by atoms with van der Waals surface area (Å²) in [6.45, 7) is 4.26. The molecule has 5 aromatic rings. The second-order valence-corrected chi connectivity index (χ2v) is 12.1. The van der Waals surface area contributed by atoms with E-state index < -0.39 is 15.2 Å². The number of ether oxygens (including phenoxy) is 1. The van der Waals surface area contributed by atoms with Gasteiger partial charge in [-0.05, 0) is 55.0 Å². The third-order valence-corrected chi connectivity index (χ3v) is 9.39. The van der Waals surface area contributed by atoms with Crippen molar-refractivity contribution >= 4 is 26.6 Å². The molecule has 40 heavy (non-hydrogen) atoms. The second-order valence-electron chi connectivity index (χ2n) is 10.00. The van der Waals surface area contributed by atoms with E-state index in [9.17, 15) is 8.42 Å². The first-order valence-electron chi connectivity index (χ1n) is 13.5. The topological polar surface area (TPSA) is 76.5 Å². The number of nitrogens with zero attached hydrogens (tertiary/aromatic N) is 3. The Labute approximate surface area is 235 Å². The summed E-state index contributed by atoms with van der Waals surface area (Å²) in [6.07, 6.45) is -0.299. The van der Waals surface area contributed by atoms with Gasteiger partial charge in [0.15, 0.2) is 11.9 Å². The molecule has 1 fully saturated rings. The second kappa shape index (κ2) is 11.2. The van der Waals surface area contributed by atoms with Gasteiger partial charge in [0.1, 0.15) is 11.1 Å². The number of rotatable bonds is 8. The van der Waals surface area contributed by atoms with Gasteiger partial charge in [-0.1, -0.05) is 66.7 Å². The van der Waals surface area contributed by atoms with Gasteiger partial charge in [0.2, 0.25) is 9.84 Å². The summed E-state index contributed by atoms with van der Waals surface area (Å²) in [5, 5.41) is 2.56. The van der Waals surface area contributed by atoms with E-state index in [2.05, 4.69) is 28.1 Å². The van der Waals surface area contributed by atoms with Crippen molar-refractivity contribution in [2.24, 2.45) is 0 Å². The largest absolute Gasteiger partial charge is 0.483 e. The lowest BCUT2D eigenvalue weighted by molar-refractivity contribution is 0.212. The minimum Gasteiger partial charge on any atom is -0.483 e. The number of fused-ring (bicyclic) bond motifs is 1. The van der Waals surface area contributed by atoms with Crippen LogP contribution in [0.1, 0.15) is 24.4 Å². The highest BCUT2D eigenvalue weighted by Gasteiger charge is 2.35. The van der Waals surface area contributed by atoms with Gasteiger partial charge in [-0.25, -0.2) is 13.4 Å². The molecule has 2 unspecified atom stereocenters. The lowest BCUT2D eigenvalue weighted by Gasteiger charge is -2.37. The number of imidazole rings is 1. The molecule has 1 aromatic heterocycles. The van der Waals surface area contributed by atoms with Crippen LogP contribution in [0.4, 0.5) is 5.69 Å². The molecule has 0 spiro atoms. The van der Waals surface area contributed by atoms with Crippen LogP contribution in [-0.4, -0.2) is 43.0 Å². The Hall–Kier alpha value is -4.14. The van der Waals surface area contributed by atoms with Crippen molar-refractivity contribution in [1.29, 1.82) is 0 Å². The predicted molar refractivity (Wildman–Crippen MR) is 158 cm³/mol. The zero-order valence-corrected chi connectivity index (χ0v) is 23.2. The molecule has 2 atom stereocenters. The van der Waals surface area contributed by atoms with Crippen LogP contribution in [0.25, 0.3) is 11.0 Å². The molecule has 0 bridgehead atoms. The van der Waals surface area contributed by atoms with Gasteiger partial charge in [-0.3, -0.25) is 0 Å². The molecule has 0 amide bonds. The molecule has 0 aliphatic carbocycles. The van der Waals surface area contributed by atoms with E-state index in [0.717, 1.165) is 33.9 Å². The van der Waals surface area contributed by atoms with Crippen LogP contribution in [0.2, 0.25) is 0 Å². The maximum absolute atomic E-state index is 13.7. The van der Waals surface area contributed by atoms with E-state index in [1.54, 1.807) is 24.3 Å². The first kappa shape index (κ1) is 26.1. The highest BCUT2D eigenvalue weighted by molar-refractivity contribution is 7.92. The van der Waals surface area contributed by atoms with Gasteiger partial charge >= 0.3 is 0 Å². The van der Waals surface area contributed by atoms with Gasteiger partial charge in [-0.15, -0.1) is 0 Å². The lowest BCUT2D eigenvalue weighted by atomic mass is 10.2. The number of sulfone groups is 1. The third kappa shape index (κ3) is 5.20. The van der Waals surface area contributed by atoms with E-state index in [0.29, 0.717) is 31.1 Å². The van der Waals surface area contributed by atoms with Crippen LogP contribution in [0, 0.1) is 0 Å². The van der Waals surface area contributed by atoms with E-state index in [4.69, 9.17) is 9.72 Å². The van der Waals surface area contributed by atoms with Crippen LogP contribution < -0.4 is 15.0 Å². The summed E-state index contributed by atoms with van der Waals surface area (Å²) in [4.78, 5) is 7.33. The summed E-state index contributed by atoms with van der Waals surface area (Å²) >= 11 is 0. The maximum Gasteiger partial charge on any atom is 0.200 e. The van der Waals surface area contributed by atoms with Crippen LogP contribution in [0.15, 0.2) is 114 Å². The van der Waals surface area contributed by atoms with Crippen molar-refractivity contribution in [2.75, 3.05) is 24.5 Å². The molecule has 8 heteroatoms. The number of aromatic nitrogens is 2. The Morgan fingerprint density at radius 3 is 2.33 bits per heavy atom. The predicted octanol–water partition coefficient (Wildman–Crippen LogP) is 5.43. The van der Waals surface area contributed by atoms with Crippen LogP contribution in [0.3, 0.4) is 0 Å². The normalized spacial score (nSPS) is 16.6. The van der Waals surface area contributed by atoms with Gasteiger partial charge < -0.3 is 19.5 Å². The van der Waals surface area contributed by atoms with Crippen molar-refractivity contribution in [3.05, 3.63) is 121 Å². The number of anilines is 1. The molecule has 1 aliphatic rings. The highest BCUT2D eigenvalue weighted by Crippen LogP contribution is 2.31. The van der Waals surface area contributed by atoms with E-state index in [-0.39, 0.29) is 6.10 Å². The van der Waals surface area contributed by atoms with Gasteiger partial charge in [-0.2, -0.15) is 0 Å². The molecule has 0 radical (unpaired) electrons. The number of hydrogen-bond donors (Lipinski definition) is 1. The minimum absolute atomic E-state index is 0.299. The molecule has 0 saturated carbocycles. The zero-order chi connectivity index (χ0) is 27.5. The highest BCUT2D eigenvalue weighted by atomic mass is 32.2. The van der Waals surface area contributed by atoms with E-state index >= 15 is 0 Å². The molecule has 7 nitrogen and oxygen atoms in total. The molecular formula is C32H32N4O3S. The van der Waals surface area contributed by atoms with Crippen molar-refractivity contribution in [3.63, 3.8) is 0 Å². The molecule has 1 aliphatic heterocycles. The number of benzene rings is 4. The van der Waals surface area contributed by atoms with Crippen molar-refractivity contribution in [3.8, 4) is 5.75 Å². The quantitative estimate of drug-likeness (QED) is 0.277. The fraction of sp³-hybridized carbons (Fsp3) is 0.219. The van der Waals surface area contributed by atoms with Crippen LogP contribution >= 0.6 is 0 Å². The summed E-state index contributed by atoms with van der Waals surface area (Å²) in [6, 6.07) is 34.8. The lowest BCUT2D eigenvalue weighted by Crippen LogP contribution is -2.55. The van der Waals surface area contributed by atoms with Gasteiger partial charge in [0.25, 0.3) is 0 Å². The third-order valence-electron chi connectivity index (χ3n) is 7.32. The van der Waals surface area contributed by atoms with Gasteiger partial charge in [0.05, 0.1) is 15.9 Å². The molecule has 2 heterocycles. The van der Waals surface area contributed by atoms with Crippen LogP contribution in [-0.2, 0) is 16.4 Å². The summed E-state index contributed by atoms with van der Waals surface area (Å²) in [5.41, 5.74) is 3.79. The standard InChI is InChI=1S/C32H32N4O3S/c1-24(39-27-13-7-3-8-14-27)32-34-29-18-17-26(21-30(29)36(32)23-25-11-5-2-6-12-25)35-20-19-33-22-31(35)40(37,38)28-15-9-4-10-16-28/h2-18,21,24,31,33H,19-20,22-23H2,1H3. The van der Waals surface area contributed by atoms with Crippen molar-refractivity contribution in [1.82, 2.24) is 14.9 Å². The zero-order valence-electron chi connectivity index (χ0n) is 22.4. The monoisotopic (exact) mass is 552 g/mol. The SMILES string of the molecule is CC(Oc1ccccc1)c1nc2ccc(N3CCNCC3S(=O)(=O)c3ccccc3)cc2n1Cc1ccccc1. The maximum atomic E-state index is 13.7. The fourth-order valence-electron chi connectivity index (χ4n) is 5.33. The average Bonchev–Trinajstić information content (AvgIpc) is 3.36. The molecular weight excluding hydrogens is 520 g/mol. The van der Waals surface area contributed by atoms with Crippen molar-refractivity contribution in [2.45, 2.75) is 29.8 Å². The fourth-order valence-corrected chi connectivity index (χ4v) is 7.08. The number of nitrogens with one attached hydrogen (secondary N) is 1. The molecule has 4 aromatic carbocycles. The molecule has 6 rings (SSSR count). The van der Waals surface area contributed by atoms with E-state index in [1.165, 1.54) is 0 Å². The minimum atomic E-state index is -3.59. The molecule has 1 saturated heterocycles. The smallest absolute Gasteiger partial charge is 0.200 e. The Bertz CT molecular complexity index is 1690. The first-order valence-corrected chi connectivity index (χ1v) is 15.1. The Kier molecular flexibility index (Phi) is 7.28. The van der Waals surface area contributed by atoms with E-state index in [1.807, 2.05) is 78.6 Å². The average molecular weight is 553 g/mol. The summed E-state index contributed by atoms with van der Waals surface area (Å²) in [5.74, 6) is 1.59. The number of piperazine rings is 1. The Morgan fingerprint density at radius 2 is 1.60 bits per heavy atom. The number of hydrogen-bond acceptors (Lipinski definition) is 6. The van der Waals surface area contributed by atoms with Gasteiger partial charge in [0, 0.05) is 31.9 Å². The summed E-state index contributed by atoms with van der Waals surface area (Å²) in [7, 11) is -3.59. The first-order chi connectivity index (χ1) is 19.5. The Morgan fingerprint density at radius 1 is 0.925 bits per heavy atom. The number of para-hydroxylation sites is 1. The van der Waals surface area contributed by atoms with Crippen LogP contribution in [0.5, 0.6) is 5.75 Å². The molecule has 204 valence electrons. The Balaban J connectivity index is 1.42. The molecule has 1 N–H and O–H groups in total. The summed E-state index contributed by atoms with van der Waals surface area (Å²) < 4.78 is 35.9.